The van der Waals surface area contributed by atoms with Gasteiger partial charge in [0.15, 0.2) is 0 Å². The molecule has 1 saturated heterocycles. The first kappa shape index (κ1) is 19.5. The minimum absolute atomic E-state index is 0.134. The Labute approximate surface area is 177 Å². The highest BCUT2D eigenvalue weighted by Gasteiger charge is 2.46. The van der Waals surface area contributed by atoms with Gasteiger partial charge in [0, 0.05) is 39.2 Å². The molecule has 1 amide bonds. The number of likely N-dealkylation sites (tertiary alicyclic amines) is 1. The highest BCUT2D eigenvalue weighted by Crippen LogP contribution is 2.42. The van der Waals surface area contributed by atoms with Crippen LogP contribution in [0.3, 0.4) is 0 Å². The Morgan fingerprint density at radius 1 is 1.21 bits per heavy atom. The van der Waals surface area contributed by atoms with E-state index in [0.29, 0.717) is 18.5 Å². The number of aromatic nitrogens is 1. The zero-order valence-corrected chi connectivity index (χ0v) is 17.8. The molecule has 4 rings (SSSR count). The third-order valence-corrected chi connectivity index (χ3v) is 6.24. The molecule has 2 aromatic carbocycles. The number of H-pyrrole nitrogens is 1. The average molecular weight is 453 g/mol. The summed E-state index contributed by atoms with van der Waals surface area (Å²) < 4.78 is 0.911. The fraction of sp³-hybridized carbons (Fsp3) is 0.217. The molecular weight excluding hydrogens is 432 g/mol. The summed E-state index contributed by atoms with van der Waals surface area (Å²) in [7, 11) is 0. The van der Waals surface area contributed by atoms with Crippen molar-refractivity contribution in [3.05, 3.63) is 75.4 Å². The number of hydrogen-bond acceptors (Lipinski definition) is 3. The summed E-state index contributed by atoms with van der Waals surface area (Å²) in [6, 6.07) is 12.5. The standard InChI is InChI=1S/C23H21BrN2O3/c1-3-10-26-20(16-12-25-18-7-5-4-6-15(16)18)19(22(28)23(26)29)21(27)14-8-9-17(24)13(2)11-14/h4-9,11-12,20,25,27H,3,10H2,1-2H3/b21-19+. The molecule has 0 aliphatic carbocycles. The molecule has 0 radical (unpaired) electrons. The Morgan fingerprint density at radius 2 is 1.97 bits per heavy atom. The van der Waals surface area contributed by atoms with Crippen LogP contribution in [0.2, 0.25) is 0 Å². The Bertz CT molecular complexity index is 1160. The van der Waals surface area contributed by atoms with Gasteiger partial charge >= 0.3 is 0 Å². The number of nitrogens with zero attached hydrogens (tertiary/aromatic N) is 1. The number of para-hydroxylation sites is 1. The van der Waals surface area contributed by atoms with E-state index in [-0.39, 0.29) is 11.3 Å². The van der Waals surface area contributed by atoms with E-state index in [4.69, 9.17) is 0 Å². The van der Waals surface area contributed by atoms with Gasteiger partial charge in [-0.1, -0.05) is 47.1 Å². The monoisotopic (exact) mass is 452 g/mol. The number of benzene rings is 2. The van der Waals surface area contributed by atoms with Gasteiger partial charge in [-0.15, -0.1) is 0 Å². The van der Waals surface area contributed by atoms with Gasteiger partial charge in [0.1, 0.15) is 5.76 Å². The van der Waals surface area contributed by atoms with E-state index in [1.165, 1.54) is 0 Å². The molecule has 5 nitrogen and oxygen atoms in total. The first-order valence-electron chi connectivity index (χ1n) is 9.55. The number of amides is 1. The number of hydrogen-bond donors (Lipinski definition) is 2. The Balaban J connectivity index is 1.95. The van der Waals surface area contributed by atoms with E-state index in [1.807, 2.05) is 50.4 Å². The van der Waals surface area contributed by atoms with Crippen molar-refractivity contribution in [1.29, 1.82) is 0 Å². The van der Waals surface area contributed by atoms with Crippen molar-refractivity contribution in [2.45, 2.75) is 26.3 Å². The highest BCUT2D eigenvalue weighted by molar-refractivity contribution is 9.10. The lowest BCUT2D eigenvalue weighted by Gasteiger charge is -2.24. The number of aliphatic hydroxyl groups excluding tert-OH is 1. The molecule has 2 heterocycles. The third kappa shape index (κ3) is 3.17. The number of rotatable bonds is 4. The molecule has 148 valence electrons. The van der Waals surface area contributed by atoms with Crippen LogP contribution < -0.4 is 0 Å². The number of carbonyl (C=O) groups is 2. The Morgan fingerprint density at radius 3 is 2.69 bits per heavy atom. The fourth-order valence-electron chi connectivity index (χ4n) is 3.94. The normalized spacial score (nSPS) is 18.7. The summed E-state index contributed by atoms with van der Waals surface area (Å²) in [5, 5.41) is 12.0. The lowest BCUT2D eigenvalue weighted by molar-refractivity contribution is -0.139. The predicted molar refractivity (Wildman–Crippen MR) is 116 cm³/mol. The maximum atomic E-state index is 13.0. The molecule has 1 aromatic heterocycles. The molecule has 2 N–H and O–H groups in total. The molecule has 0 bridgehead atoms. The van der Waals surface area contributed by atoms with Gasteiger partial charge in [-0.25, -0.2) is 0 Å². The summed E-state index contributed by atoms with van der Waals surface area (Å²) >= 11 is 3.45. The van der Waals surface area contributed by atoms with Crippen LogP contribution in [0.15, 0.2) is 58.7 Å². The molecule has 6 heteroatoms. The molecule has 3 aromatic rings. The quantitative estimate of drug-likeness (QED) is 0.329. The minimum atomic E-state index is -0.646. The van der Waals surface area contributed by atoms with Crippen molar-refractivity contribution in [2.75, 3.05) is 6.54 Å². The molecular formula is C23H21BrN2O3. The van der Waals surface area contributed by atoms with Crippen LogP contribution in [0, 0.1) is 6.92 Å². The highest BCUT2D eigenvalue weighted by atomic mass is 79.9. The van der Waals surface area contributed by atoms with Crippen LogP contribution in [0.25, 0.3) is 16.7 Å². The van der Waals surface area contributed by atoms with Crippen molar-refractivity contribution < 1.29 is 14.7 Å². The number of ketones is 1. The van der Waals surface area contributed by atoms with E-state index in [2.05, 4.69) is 20.9 Å². The molecule has 0 saturated carbocycles. The van der Waals surface area contributed by atoms with Crippen molar-refractivity contribution >= 4 is 44.3 Å². The molecule has 1 aliphatic rings. The first-order valence-corrected chi connectivity index (χ1v) is 10.3. The number of carbonyl (C=O) groups excluding carboxylic acids is 2. The summed E-state index contributed by atoms with van der Waals surface area (Å²) in [5.74, 6) is -1.36. The lowest BCUT2D eigenvalue weighted by atomic mass is 9.94. The zero-order chi connectivity index (χ0) is 20.7. The number of aliphatic hydroxyl groups is 1. The van der Waals surface area contributed by atoms with Gasteiger partial charge in [0.25, 0.3) is 11.7 Å². The van der Waals surface area contributed by atoms with E-state index in [1.54, 1.807) is 17.0 Å². The molecule has 1 aliphatic heterocycles. The number of aryl methyl sites for hydroxylation is 1. The van der Waals surface area contributed by atoms with Crippen molar-refractivity contribution in [2.24, 2.45) is 0 Å². The van der Waals surface area contributed by atoms with Gasteiger partial charge in [-0.3, -0.25) is 9.59 Å². The van der Waals surface area contributed by atoms with E-state index >= 15 is 0 Å². The number of Topliss-reactive ketones (excluding diaryl/α,β-unsaturated/α-hetero) is 1. The van der Waals surface area contributed by atoms with E-state index < -0.39 is 17.7 Å². The van der Waals surface area contributed by atoms with Crippen molar-refractivity contribution in [3.8, 4) is 0 Å². The lowest BCUT2D eigenvalue weighted by Crippen LogP contribution is -2.30. The number of aromatic amines is 1. The van der Waals surface area contributed by atoms with Gasteiger partial charge < -0.3 is 15.0 Å². The van der Waals surface area contributed by atoms with Crippen LogP contribution in [0.1, 0.15) is 36.1 Å². The number of halogens is 1. The smallest absolute Gasteiger partial charge is 0.295 e. The number of fused-ring (bicyclic) bond motifs is 1. The van der Waals surface area contributed by atoms with Gasteiger partial charge in [-0.2, -0.15) is 0 Å². The van der Waals surface area contributed by atoms with Crippen LogP contribution in [0.4, 0.5) is 0 Å². The van der Waals surface area contributed by atoms with Crippen LogP contribution in [-0.2, 0) is 9.59 Å². The number of nitrogens with one attached hydrogen (secondary N) is 1. The Hall–Kier alpha value is -2.86. The van der Waals surface area contributed by atoms with Gasteiger partial charge in [0.2, 0.25) is 0 Å². The van der Waals surface area contributed by atoms with Crippen LogP contribution >= 0.6 is 15.9 Å². The van der Waals surface area contributed by atoms with E-state index in [9.17, 15) is 14.7 Å². The Kier molecular flexibility index (Phi) is 5.04. The SMILES string of the molecule is CCCN1C(=O)C(=O)/C(=C(/O)c2ccc(Br)c(C)c2)C1c1c[nH]c2ccccc12. The molecule has 0 spiro atoms. The van der Waals surface area contributed by atoms with Gasteiger partial charge in [0.05, 0.1) is 11.6 Å². The molecule has 1 atom stereocenters. The summed E-state index contributed by atoms with van der Waals surface area (Å²) in [6.07, 6.45) is 2.54. The van der Waals surface area contributed by atoms with Crippen molar-refractivity contribution in [1.82, 2.24) is 9.88 Å². The molecule has 1 fully saturated rings. The second kappa shape index (κ2) is 7.52. The summed E-state index contributed by atoms with van der Waals surface area (Å²) in [5.41, 5.74) is 3.31. The first-order chi connectivity index (χ1) is 13.9. The van der Waals surface area contributed by atoms with Crippen LogP contribution in [-0.4, -0.2) is 33.2 Å². The summed E-state index contributed by atoms with van der Waals surface area (Å²) in [4.78, 5) is 30.6. The minimum Gasteiger partial charge on any atom is -0.507 e. The molecule has 29 heavy (non-hydrogen) atoms. The summed E-state index contributed by atoms with van der Waals surface area (Å²) in [6.45, 7) is 4.31. The second-order valence-electron chi connectivity index (χ2n) is 7.25. The average Bonchev–Trinajstić information content (AvgIpc) is 3.24. The predicted octanol–water partition coefficient (Wildman–Crippen LogP) is 5.07. The van der Waals surface area contributed by atoms with Gasteiger partial charge in [-0.05, 0) is 37.1 Å². The third-order valence-electron chi connectivity index (χ3n) is 5.35. The largest absolute Gasteiger partial charge is 0.507 e. The van der Waals surface area contributed by atoms with Crippen LogP contribution in [0.5, 0.6) is 0 Å². The van der Waals surface area contributed by atoms with E-state index in [0.717, 1.165) is 26.5 Å². The molecule has 1 unspecified atom stereocenters. The van der Waals surface area contributed by atoms with Crippen molar-refractivity contribution in [3.63, 3.8) is 0 Å². The zero-order valence-electron chi connectivity index (χ0n) is 16.2. The maximum Gasteiger partial charge on any atom is 0.295 e. The maximum absolute atomic E-state index is 13.0. The second-order valence-corrected chi connectivity index (χ2v) is 8.10. The topological polar surface area (TPSA) is 73.4 Å². The fourth-order valence-corrected chi connectivity index (χ4v) is 4.19.